The first-order valence-electron chi connectivity index (χ1n) is 4.49. The monoisotopic (exact) mass is 229 g/mol. The minimum absolute atomic E-state index is 0.183. The molecule has 0 unspecified atom stereocenters. The van der Waals surface area contributed by atoms with Crippen molar-refractivity contribution in [2.75, 3.05) is 0 Å². The second kappa shape index (κ2) is 3.66. The van der Waals surface area contributed by atoms with Crippen LogP contribution in [0.5, 0.6) is 0 Å². The first-order chi connectivity index (χ1) is 7.48. The van der Waals surface area contributed by atoms with Crippen LogP contribution >= 0.6 is 0 Å². The van der Waals surface area contributed by atoms with E-state index in [0.29, 0.717) is 0 Å². The van der Waals surface area contributed by atoms with Crippen molar-refractivity contribution >= 4 is 0 Å². The van der Waals surface area contributed by atoms with Crippen LogP contribution in [0.2, 0.25) is 0 Å². The molecule has 0 fully saturated rings. The second-order valence-corrected chi connectivity index (χ2v) is 3.27. The van der Waals surface area contributed by atoms with Gasteiger partial charge in [0.1, 0.15) is 5.82 Å². The van der Waals surface area contributed by atoms with Crippen LogP contribution in [0, 0.1) is 5.82 Å². The van der Waals surface area contributed by atoms with E-state index in [1.54, 1.807) is 6.07 Å². The number of hydrogen-bond acceptors (Lipinski definition) is 0. The summed E-state index contributed by atoms with van der Waals surface area (Å²) < 4.78 is 50.9. The molecule has 0 aliphatic rings. The molecule has 2 aromatic rings. The lowest BCUT2D eigenvalue weighted by molar-refractivity contribution is -0.137. The lowest BCUT2D eigenvalue weighted by atomic mass is 10.0. The van der Waals surface area contributed by atoms with Gasteiger partial charge in [0.05, 0.1) is 5.56 Å². The summed E-state index contributed by atoms with van der Waals surface area (Å²) in [7, 11) is 0. The second-order valence-electron chi connectivity index (χ2n) is 3.27. The maximum Gasteiger partial charge on any atom is 0.417 e. The molecular formula is C11H7F4N. The Labute approximate surface area is 88.7 Å². The van der Waals surface area contributed by atoms with Crippen molar-refractivity contribution in [2.24, 2.45) is 0 Å². The number of hydrogen-bond donors (Lipinski definition) is 1. The van der Waals surface area contributed by atoms with Crippen molar-refractivity contribution in [3.63, 3.8) is 0 Å². The fraction of sp³-hybridized carbons (Fsp3) is 0.0909. The van der Waals surface area contributed by atoms with Crippen LogP contribution in [0.4, 0.5) is 17.6 Å². The summed E-state index contributed by atoms with van der Waals surface area (Å²) >= 11 is 0. The molecule has 0 spiro atoms. The van der Waals surface area contributed by atoms with Gasteiger partial charge in [0.25, 0.3) is 0 Å². The summed E-state index contributed by atoms with van der Waals surface area (Å²) in [6.45, 7) is 0. The first kappa shape index (κ1) is 10.7. The molecule has 0 aliphatic carbocycles. The smallest absolute Gasteiger partial charge is 0.361 e. The summed E-state index contributed by atoms with van der Waals surface area (Å²) in [6, 6.07) is 5.43. The van der Waals surface area contributed by atoms with Crippen LogP contribution in [0.3, 0.4) is 0 Å². The molecule has 0 radical (unpaired) electrons. The third kappa shape index (κ3) is 1.93. The lowest BCUT2D eigenvalue weighted by Gasteiger charge is -2.11. The highest BCUT2D eigenvalue weighted by molar-refractivity contribution is 5.64. The van der Waals surface area contributed by atoms with Crippen molar-refractivity contribution in [2.45, 2.75) is 6.18 Å². The van der Waals surface area contributed by atoms with Crippen LogP contribution in [-0.2, 0) is 6.18 Å². The zero-order chi connectivity index (χ0) is 11.8. The van der Waals surface area contributed by atoms with Crippen molar-refractivity contribution in [1.29, 1.82) is 0 Å². The summed E-state index contributed by atoms with van der Waals surface area (Å²) in [6.07, 6.45) is -3.01. The Bertz CT molecular complexity index is 485. The fourth-order valence-corrected chi connectivity index (χ4v) is 1.48. The SMILES string of the molecule is Fc1ccc(C(F)(F)F)c(-c2ccc[nH]2)c1. The zero-order valence-electron chi connectivity index (χ0n) is 7.98. The molecule has 16 heavy (non-hydrogen) atoms. The molecule has 1 aromatic heterocycles. The van der Waals surface area contributed by atoms with E-state index in [2.05, 4.69) is 4.98 Å². The molecule has 1 heterocycles. The fourth-order valence-electron chi connectivity index (χ4n) is 1.48. The van der Waals surface area contributed by atoms with Gasteiger partial charge in [-0.15, -0.1) is 0 Å². The highest BCUT2D eigenvalue weighted by Gasteiger charge is 2.33. The minimum Gasteiger partial charge on any atom is -0.361 e. The molecule has 1 N–H and O–H groups in total. The molecule has 1 nitrogen and oxygen atoms in total. The Morgan fingerprint density at radius 3 is 2.38 bits per heavy atom. The molecule has 0 saturated carbocycles. The van der Waals surface area contributed by atoms with E-state index in [4.69, 9.17) is 0 Å². The van der Waals surface area contributed by atoms with Gasteiger partial charge < -0.3 is 4.98 Å². The van der Waals surface area contributed by atoms with Crippen molar-refractivity contribution < 1.29 is 17.6 Å². The Hall–Kier alpha value is -1.78. The number of H-pyrrole nitrogens is 1. The first-order valence-corrected chi connectivity index (χ1v) is 4.49. The number of aromatic amines is 1. The van der Waals surface area contributed by atoms with E-state index in [1.165, 1.54) is 12.3 Å². The molecule has 1 aromatic carbocycles. The average molecular weight is 229 g/mol. The van der Waals surface area contributed by atoms with Gasteiger partial charge in [-0.2, -0.15) is 13.2 Å². The third-order valence-corrected chi connectivity index (χ3v) is 2.18. The average Bonchev–Trinajstić information content (AvgIpc) is 2.68. The third-order valence-electron chi connectivity index (χ3n) is 2.18. The summed E-state index contributed by atoms with van der Waals surface area (Å²) in [5.41, 5.74) is -0.791. The molecule has 5 heteroatoms. The summed E-state index contributed by atoms with van der Waals surface area (Å²) in [5, 5.41) is 0. The molecule has 0 bridgehead atoms. The molecule has 0 aliphatic heterocycles. The maximum absolute atomic E-state index is 12.9. The molecule has 0 saturated heterocycles. The number of benzene rings is 1. The minimum atomic E-state index is -4.49. The standard InChI is InChI=1S/C11H7F4N/c12-7-3-4-9(11(13,14)15)8(6-7)10-2-1-5-16-10/h1-6,16H. The van der Waals surface area contributed by atoms with Gasteiger partial charge in [0, 0.05) is 17.5 Å². The van der Waals surface area contributed by atoms with Crippen LogP contribution in [0.15, 0.2) is 36.5 Å². The van der Waals surface area contributed by atoms with Gasteiger partial charge in [-0.05, 0) is 30.3 Å². The molecular weight excluding hydrogens is 222 g/mol. The quantitative estimate of drug-likeness (QED) is 0.715. The van der Waals surface area contributed by atoms with Gasteiger partial charge in [-0.25, -0.2) is 4.39 Å². The van der Waals surface area contributed by atoms with E-state index in [1.807, 2.05) is 0 Å². The predicted molar refractivity (Wildman–Crippen MR) is 51.2 cm³/mol. The van der Waals surface area contributed by atoms with E-state index in [0.717, 1.165) is 18.2 Å². The Morgan fingerprint density at radius 1 is 1.06 bits per heavy atom. The van der Waals surface area contributed by atoms with Crippen LogP contribution < -0.4 is 0 Å². The van der Waals surface area contributed by atoms with Gasteiger partial charge >= 0.3 is 6.18 Å². The van der Waals surface area contributed by atoms with Crippen molar-refractivity contribution in [1.82, 2.24) is 4.98 Å². The van der Waals surface area contributed by atoms with Crippen LogP contribution in [0.1, 0.15) is 5.56 Å². The molecule has 0 atom stereocenters. The topological polar surface area (TPSA) is 15.8 Å². The van der Waals surface area contributed by atoms with E-state index >= 15 is 0 Å². The Morgan fingerprint density at radius 2 is 1.81 bits per heavy atom. The predicted octanol–water partition coefficient (Wildman–Crippen LogP) is 3.84. The number of nitrogens with one attached hydrogen (secondary N) is 1. The number of halogens is 4. The number of alkyl halides is 3. The van der Waals surface area contributed by atoms with Crippen molar-refractivity contribution in [3.8, 4) is 11.3 Å². The Balaban J connectivity index is 2.63. The van der Waals surface area contributed by atoms with Gasteiger partial charge in [-0.3, -0.25) is 0 Å². The highest BCUT2D eigenvalue weighted by atomic mass is 19.4. The zero-order valence-corrected chi connectivity index (χ0v) is 7.98. The molecule has 84 valence electrons. The number of aromatic nitrogens is 1. The van der Waals surface area contributed by atoms with Crippen LogP contribution in [0.25, 0.3) is 11.3 Å². The Kier molecular flexibility index (Phi) is 2.46. The van der Waals surface area contributed by atoms with Gasteiger partial charge in [0.2, 0.25) is 0 Å². The summed E-state index contributed by atoms with van der Waals surface area (Å²) in [4.78, 5) is 2.63. The normalized spacial score (nSPS) is 11.8. The number of rotatable bonds is 1. The largest absolute Gasteiger partial charge is 0.417 e. The van der Waals surface area contributed by atoms with E-state index < -0.39 is 17.6 Å². The van der Waals surface area contributed by atoms with Gasteiger partial charge in [0.15, 0.2) is 0 Å². The van der Waals surface area contributed by atoms with E-state index in [-0.39, 0.29) is 11.3 Å². The maximum atomic E-state index is 12.9. The van der Waals surface area contributed by atoms with E-state index in [9.17, 15) is 17.6 Å². The molecule has 0 amide bonds. The van der Waals surface area contributed by atoms with Crippen molar-refractivity contribution in [3.05, 3.63) is 47.9 Å². The lowest BCUT2D eigenvalue weighted by Crippen LogP contribution is -2.07. The highest BCUT2D eigenvalue weighted by Crippen LogP contribution is 2.36. The van der Waals surface area contributed by atoms with Crippen LogP contribution in [-0.4, -0.2) is 4.98 Å². The van der Waals surface area contributed by atoms with Gasteiger partial charge in [-0.1, -0.05) is 0 Å². The summed E-state index contributed by atoms with van der Waals surface area (Å²) in [5.74, 6) is -0.697. The molecule has 2 rings (SSSR count).